The fourth-order valence-electron chi connectivity index (χ4n) is 3.83. The molecule has 1 aliphatic carbocycles. The van der Waals surface area contributed by atoms with Crippen LogP contribution >= 0.6 is 0 Å². The Hall–Kier alpha value is -2.66. The summed E-state index contributed by atoms with van der Waals surface area (Å²) in [5.74, 6) is -0.336. The van der Waals surface area contributed by atoms with Crippen molar-refractivity contribution in [1.29, 1.82) is 0 Å². The number of hydrogen-bond donors (Lipinski definition) is 2. The highest BCUT2D eigenvalue weighted by molar-refractivity contribution is 5.96. The molecule has 2 fully saturated rings. The highest BCUT2D eigenvalue weighted by Crippen LogP contribution is 2.29. The summed E-state index contributed by atoms with van der Waals surface area (Å²) in [6.07, 6.45) is 4.65. The topological polar surface area (TPSA) is 61.4 Å². The number of carbonyl (C=O) groups excluding carboxylic acids is 2. The normalized spacial score (nSPS) is 17.9. The van der Waals surface area contributed by atoms with Crippen LogP contribution in [-0.2, 0) is 4.79 Å². The van der Waals surface area contributed by atoms with Gasteiger partial charge in [-0.1, -0.05) is 42.5 Å². The van der Waals surface area contributed by atoms with Gasteiger partial charge in [0.05, 0.1) is 6.54 Å². The van der Waals surface area contributed by atoms with Gasteiger partial charge in [-0.3, -0.25) is 9.59 Å². The second-order valence-electron chi connectivity index (χ2n) is 7.73. The van der Waals surface area contributed by atoms with Gasteiger partial charge in [-0.2, -0.15) is 0 Å². The van der Waals surface area contributed by atoms with Crippen molar-refractivity contribution in [2.75, 3.05) is 19.6 Å². The van der Waals surface area contributed by atoms with Crippen molar-refractivity contribution in [2.45, 2.75) is 37.8 Å². The Morgan fingerprint density at radius 3 is 2.14 bits per heavy atom. The molecule has 5 nitrogen and oxygen atoms in total. The van der Waals surface area contributed by atoms with Crippen molar-refractivity contribution in [3.05, 3.63) is 60.2 Å². The zero-order chi connectivity index (χ0) is 19.3. The predicted molar refractivity (Wildman–Crippen MR) is 110 cm³/mol. The van der Waals surface area contributed by atoms with E-state index in [9.17, 15) is 9.59 Å². The first kappa shape index (κ1) is 18.7. The van der Waals surface area contributed by atoms with E-state index in [-0.39, 0.29) is 24.4 Å². The van der Waals surface area contributed by atoms with Gasteiger partial charge in [0.25, 0.3) is 5.91 Å². The quantitative estimate of drug-likeness (QED) is 0.814. The Kier molecular flexibility index (Phi) is 5.72. The zero-order valence-electron chi connectivity index (χ0n) is 16.1. The number of nitrogens with one attached hydrogen (secondary N) is 2. The molecule has 2 N–H and O–H groups in total. The molecule has 1 saturated heterocycles. The van der Waals surface area contributed by atoms with Crippen LogP contribution in [0.4, 0.5) is 0 Å². The van der Waals surface area contributed by atoms with Crippen LogP contribution in [0.3, 0.4) is 0 Å². The summed E-state index contributed by atoms with van der Waals surface area (Å²) in [7, 11) is 0. The van der Waals surface area contributed by atoms with E-state index in [0.29, 0.717) is 5.56 Å². The summed E-state index contributed by atoms with van der Waals surface area (Å²) < 4.78 is 0. The van der Waals surface area contributed by atoms with E-state index in [0.717, 1.165) is 43.1 Å². The fraction of sp³-hybridized carbons (Fsp3) is 0.391. The van der Waals surface area contributed by atoms with Gasteiger partial charge in [0.2, 0.25) is 5.91 Å². The second kappa shape index (κ2) is 8.57. The van der Waals surface area contributed by atoms with Crippen LogP contribution in [0.2, 0.25) is 0 Å². The van der Waals surface area contributed by atoms with E-state index in [2.05, 4.69) is 15.5 Å². The molecule has 1 saturated carbocycles. The van der Waals surface area contributed by atoms with Gasteiger partial charge in [0.1, 0.15) is 0 Å². The van der Waals surface area contributed by atoms with E-state index in [1.165, 1.54) is 12.8 Å². The summed E-state index contributed by atoms with van der Waals surface area (Å²) in [5.41, 5.74) is 2.74. The Labute approximate surface area is 166 Å². The molecule has 1 aliphatic heterocycles. The highest BCUT2D eigenvalue weighted by atomic mass is 16.2. The van der Waals surface area contributed by atoms with Gasteiger partial charge in [-0.25, -0.2) is 0 Å². The summed E-state index contributed by atoms with van der Waals surface area (Å²) in [5, 5.41) is 5.78. The van der Waals surface area contributed by atoms with Crippen LogP contribution in [0.1, 0.15) is 36.0 Å². The molecular weight excluding hydrogens is 350 g/mol. The summed E-state index contributed by atoms with van der Waals surface area (Å²) in [6.45, 7) is 2.15. The lowest BCUT2D eigenvalue weighted by Gasteiger charge is -2.32. The lowest BCUT2D eigenvalue weighted by molar-refractivity contribution is -0.121. The van der Waals surface area contributed by atoms with Crippen LogP contribution in [0.15, 0.2) is 54.6 Å². The zero-order valence-corrected chi connectivity index (χ0v) is 16.1. The monoisotopic (exact) mass is 377 g/mol. The molecule has 2 aliphatic rings. The number of benzene rings is 2. The minimum absolute atomic E-state index is 0.0160. The molecule has 0 bridgehead atoms. The maximum absolute atomic E-state index is 12.3. The minimum Gasteiger partial charge on any atom is -0.352 e. The van der Waals surface area contributed by atoms with Crippen molar-refractivity contribution in [3.63, 3.8) is 0 Å². The third kappa shape index (κ3) is 4.78. The molecular formula is C23H27N3O2. The average molecular weight is 377 g/mol. The van der Waals surface area contributed by atoms with E-state index in [1.54, 1.807) is 12.1 Å². The van der Waals surface area contributed by atoms with Crippen LogP contribution in [0, 0.1) is 0 Å². The number of likely N-dealkylation sites (tertiary alicyclic amines) is 1. The van der Waals surface area contributed by atoms with Crippen LogP contribution in [0.25, 0.3) is 11.1 Å². The van der Waals surface area contributed by atoms with Crippen LogP contribution in [-0.4, -0.2) is 48.4 Å². The Balaban J connectivity index is 1.22. The van der Waals surface area contributed by atoms with Gasteiger partial charge in [0, 0.05) is 30.7 Å². The van der Waals surface area contributed by atoms with Gasteiger partial charge in [-0.15, -0.1) is 0 Å². The number of rotatable bonds is 6. The molecule has 5 heteroatoms. The molecule has 4 rings (SSSR count). The smallest absolute Gasteiger partial charge is 0.251 e. The number of hydrogen-bond acceptors (Lipinski definition) is 3. The van der Waals surface area contributed by atoms with Crippen molar-refractivity contribution >= 4 is 11.8 Å². The molecule has 0 spiro atoms. The SMILES string of the molecule is O=C(CNC(=O)c1ccc(-c2ccccc2)cc1)NC1CCN(C2CC2)CC1. The molecule has 28 heavy (non-hydrogen) atoms. The van der Waals surface area contributed by atoms with Crippen LogP contribution in [0.5, 0.6) is 0 Å². The van der Waals surface area contributed by atoms with Gasteiger partial charge in [0.15, 0.2) is 0 Å². The summed E-state index contributed by atoms with van der Waals surface area (Å²) >= 11 is 0. The van der Waals surface area contributed by atoms with Crippen molar-refractivity contribution in [1.82, 2.24) is 15.5 Å². The first-order chi connectivity index (χ1) is 13.7. The molecule has 0 atom stereocenters. The maximum atomic E-state index is 12.3. The third-order valence-corrected chi connectivity index (χ3v) is 5.62. The minimum atomic E-state index is -0.224. The van der Waals surface area contributed by atoms with E-state index >= 15 is 0 Å². The fourth-order valence-corrected chi connectivity index (χ4v) is 3.83. The molecule has 2 aromatic carbocycles. The van der Waals surface area contributed by atoms with E-state index in [1.807, 2.05) is 42.5 Å². The predicted octanol–water partition coefficient (Wildman–Crippen LogP) is 2.83. The maximum Gasteiger partial charge on any atom is 0.251 e. The molecule has 0 unspecified atom stereocenters. The average Bonchev–Trinajstić information content (AvgIpc) is 3.59. The molecule has 2 aromatic rings. The van der Waals surface area contributed by atoms with E-state index in [4.69, 9.17) is 0 Å². The van der Waals surface area contributed by atoms with Crippen molar-refractivity contribution in [3.8, 4) is 11.1 Å². The summed E-state index contributed by atoms with van der Waals surface area (Å²) in [6, 6.07) is 18.5. The van der Waals surface area contributed by atoms with Gasteiger partial charge in [-0.05, 0) is 48.9 Å². The number of piperidine rings is 1. The van der Waals surface area contributed by atoms with Crippen molar-refractivity contribution < 1.29 is 9.59 Å². The lowest BCUT2D eigenvalue weighted by Crippen LogP contribution is -2.47. The number of carbonyl (C=O) groups is 2. The molecule has 146 valence electrons. The molecule has 0 radical (unpaired) electrons. The first-order valence-electron chi connectivity index (χ1n) is 10.2. The molecule has 2 amide bonds. The standard InChI is InChI=1S/C23H27N3O2/c27-22(25-20-12-14-26(15-13-20)21-10-11-21)16-24-23(28)19-8-6-18(7-9-19)17-4-2-1-3-5-17/h1-9,20-21H,10-16H2,(H,24,28)(H,25,27). The van der Waals surface area contributed by atoms with Crippen molar-refractivity contribution in [2.24, 2.45) is 0 Å². The number of amides is 2. The van der Waals surface area contributed by atoms with Gasteiger partial charge < -0.3 is 15.5 Å². The summed E-state index contributed by atoms with van der Waals surface area (Å²) in [4.78, 5) is 27.0. The Morgan fingerprint density at radius 1 is 0.857 bits per heavy atom. The second-order valence-corrected chi connectivity index (χ2v) is 7.73. The third-order valence-electron chi connectivity index (χ3n) is 5.62. The molecule has 1 heterocycles. The van der Waals surface area contributed by atoms with E-state index < -0.39 is 0 Å². The largest absolute Gasteiger partial charge is 0.352 e. The van der Waals surface area contributed by atoms with Crippen LogP contribution < -0.4 is 10.6 Å². The highest BCUT2D eigenvalue weighted by Gasteiger charge is 2.32. The first-order valence-corrected chi connectivity index (χ1v) is 10.2. The lowest BCUT2D eigenvalue weighted by atomic mass is 10.0. The Morgan fingerprint density at radius 2 is 1.50 bits per heavy atom. The van der Waals surface area contributed by atoms with Gasteiger partial charge >= 0.3 is 0 Å². The Bertz CT molecular complexity index is 808. The molecule has 0 aromatic heterocycles. The number of nitrogens with zero attached hydrogens (tertiary/aromatic N) is 1.